The summed E-state index contributed by atoms with van der Waals surface area (Å²) < 4.78 is 5.39. The molecule has 0 atom stereocenters. The maximum Gasteiger partial charge on any atom is 0.269 e. The van der Waals surface area contributed by atoms with Crippen LogP contribution in [0.1, 0.15) is 22.3 Å². The van der Waals surface area contributed by atoms with E-state index in [2.05, 4.69) is 17.0 Å². The van der Waals surface area contributed by atoms with Crippen molar-refractivity contribution >= 4 is 5.69 Å². The fourth-order valence-electron chi connectivity index (χ4n) is 2.86. The number of aryl methyl sites for hydroxylation is 2. The topological polar surface area (TPSA) is 55.6 Å². The molecule has 2 aromatic rings. The van der Waals surface area contributed by atoms with E-state index in [0.717, 1.165) is 35.5 Å². The summed E-state index contributed by atoms with van der Waals surface area (Å²) in [5, 5.41) is 10.7. The number of hydrogen-bond donors (Lipinski definition) is 0. The van der Waals surface area contributed by atoms with Gasteiger partial charge in [0.05, 0.1) is 12.0 Å². The molecule has 0 aliphatic rings. The highest BCUT2D eigenvalue weighted by Gasteiger charge is 2.09. The summed E-state index contributed by atoms with van der Waals surface area (Å²) in [6.07, 6.45) is 0. The van der Waals surface area contributed by atoms with Crippen molar-refractivity contribution in [1.29, 1.82) is 0 Å². The highest BCUT2D eigenvalue weighted by atomic mass is 16.6. The fourth-order valence-corrected chi connectivity index (χ4v) is 2.86. The zero-order valence-electron chi connectivity index (χ0n) is 14.0. The number of nitro benzene ring substituents is 1. The van der Waals surface area contributed by atoms with Gasteiger partial charge in [-0.15, -0.1) is 0 Å². The highest BCUT2D eigenvalue weighted by Crippen LogP contribution is 2.25. The van der Waals surface area contributed by atoms with E-state index < -0.39 is 0 Å². The van der Waals surface area contributed by atoms with Crippen LogP contribution >= 0.6 is 0 Å². The van der Waals surface area contributed by atoms with E-state index in [4.69, 9.17) is 4.74 Å². The van der Waals surface area contributed by atoms with E-state index >= 15 is 0 Å². The Kier molecular flexibility index (Phi) is 5.34. The van der Waals surface area contributed by atoms with Crippen LogP contribution in [0.15, 0.2) is 36.4 Å². The second-order valence-electron chi connectivity index (χ2n) is 5.86. The molecule has 0 unspecified atom stereocenters. The lowest BCUT2D eigenvalue weighted by atomic mass is 10.1. The summed E-state index contributed by atoms with van der Waals surface area (Å²) >= 11 is 0. The number of methoxy groups -OCH3 is 1. The molecule has 5 nitrogen and oxygen atoms in total. The van der Waals surface area contributed by atoms with Crippen LogP contribution < -0.4 is 4.74 Å². The smallest absolute Gasteiger partial charge is 0.269 e. The van der Waals surface area contributed by atoms with Crippen LogP contribution in [0.2, 0.25) is 0 Å². The molecule has 0 radical (unpaired) electrons. The van der Waals surface area contributed by atoms with Crippen LogP contribution in [-0.2, 0) is 13.1 Å². The molecule has 5 heteroatoms. The largest absolute Gasteiger partial charge is 0.496 e. The number of ether oxygens (including phenoxy) is 1. The lowest BCUT2D eigenvalue weighted by molar-refractivity contribution is -0.384. The molecule has 0 saturated carbocycles. The molecule has 122 valence electrons. The first-order valence-corrected chi connectivity index (χ1v) is 7.46. The second kappa shape index (κ2) is 7.24. The summed E-state index contributed by atoms with van der Waals surface area (Å²) in [6, 6.07) is 11.0. The average Bonchev–Trinajstić information content (AvgIpc) is 2.47. The van der Waals surface area contributed by atoms with Crippen LogP contribution in [0, 0.1) is 24.0 Å². The van der Waals surface area contributed by atoms with Gasteiger partial charge in [0.15, 0.2) is 0 Å². The summed E-state index contributed by atoms with van der Waals surface area (Å²) in [7, 11) is 3.73. The molecule has 2 rings (SSSR count). The van der Waals surface area contributed by atoms with Crippen molar-refractivity contribution in [3.8, 4) is 5.75 Å². The van der Waals surface area contributed by atoms with Crippen molar-refractivity contribution in [2.45, 2.75) is 26.9 Å². The number of nitrogens with zero attached hydrogens (tertiary/aromatic N) is 2. The molecule has 0 amide bonds. The molecule has 0 aliphatic carbocycles. The van der Waals surface area contributed by atoms with Crippen molar-refractivity contribution < 1.29 is 9.66 Å². The molecular formula is C18H22N2O3. The Morgan fingerprint density at radius 2 is 1.57 bits per heavy atom. The van der Waals surface area contributed by atoms with Gasteiger partial charge in [-0.05, 0) is 43.1 Å². The lowest BCUT2D eigenvalue weighted by Gasteiger charge is -2.18. The molecular weight excluding hydrogens is 292 g/mol. The SMILES string of the molecule is COc1c(C)cc(CN(C)Cc2ccc([N+](=O)[O-])cc2)cc1C. The third-order valence-electron chi connectivity index (χ3n) is 3.78. The van der Waals surface area contributed by atoms with Gasteiger partial charge in [0.2, 0.25) is 0 Å². The van der Waals surface area contributed by atoms with E-state index in [-0.39, 0.29) is 10.6 Å². The molecule has 0 N–H and O–H groups in total. The van der Waals surface area contributed by atoms with Gasteiger partial charge in [0.1, 0.15) is 5.75 Å². The van der Waals surface area contributed by atoms with Crippen molar-refractivity contribution in [2.75, 3.05) is 14.2 Å². The van der Waals surface area contributed by atoms with Crippen molar-refractivity contribution in [1.82, 2.24) is 4.90 Å². The van der Waals surface area contributed by atoms with E-state index in [1.54, 1.807) is 31.4 Å². The average molecular weight is 314 g/mol. The van der Waals surface area contributed by atoms with E-state index in [0.29, 0.717) is 0 Å². The highest BCUT2D eigenvalue weighted by molar-refractivity contribution is 5.43. The molecule has 0 saturated heterocycles. The monoisotopic (exact) mass is 314 g/mol. The zero-order valence-corrected chi connectivity index (χ0v) is 14.0. The minimum Gasteiger partial charge on any atom is -0.496 e. The predicted molar refractivity (Wildman–Crippen MR) is 90.7 cm³/mol. The van der Waals surface area contributed by atoms with E-state index in [9.17, 15) is 10.1 Å². The Labute approximate surface area is 136 Å². The standard InChI is InChI=1S/C18H22N2O3/c1-13-9-16(10-14(2)18(13)23-4)12-19(3)11-15-5-7-17(8-6-15)20(21)22/h5-10H,11-12H2,1-4H3. The molecule has 0 aromatic heterocycles. The van der Waals surface area contributed by atoms with Gasteiger partial charge in [-0.2, -0.15) is 0 Å². The Bertz CT molecular complexity index is 673. The summed E-state index contributed by atoms with van der Waals surface area (Å²) in [5.74, 6) is 0.937. The quantitative estimate of drug-likeness (QED) is 0.600. The number of rotatable bonds is 6. The van der Waals surface area contributed by atoms with Gasteiger partial charge < -0.3 is 4.74 Å². The summed E-state index contributed by atoms with van der Waals surface area (Å²) in [6.45, 7) is 5.64. The third-order valence-corrected chi connectivity index (χ3v) is 3.78. The van der Waals surface area contributed by atoms with Crippen LogP contribution in [0.25, 0.3) is 0 Å². The molecule has 0 heterocycles. The van der Waals surface area contributed by atoms with Crippen molar-refractivity contribution in [3.63, 3.8) is 0 Å². The predicted octanol–water partition coefficient (Wildman–Crippen LogP) is 3.85. The maximum atomic E-state index is 10.7. The Balaban J connectivity index is 2.04. The first-order chi connectivity index (χ1) is 10.9. The molecule has 0 bridgehead atoms. The van der Waals surface area contributed by atoms with Crippen LogP contribution in [-0.4, -0.2) is 24.0 Å². The van der Waals surface area contributed by atoms with Crippen LogP contribution in [0.3, 0.4) is 0 Å². The third kappa shape index (κ3) is 4.29. The Morgan fingerprint density at radius 1 is 1.04 bits per heavy atom. The maximum absolute atomic E-state index is 10.7. The first kappa shape index (κ1) is 17.0. The van der Waals surface area contributed by atoms with Crippen LogP contribution in [0.4, 0.5) is 5.69 Å². The molecule has 23 heavy (non-hydrogen) atoms. The Morgan fingerprint density at radius 3 is 2.04 bits per heavy atom. The number of benzene rings is 2. The number of hydrogen-bond acceptors (Lipinski definition) is 4. The normalized spacial score (nSPS) is 10.8. The van der Waals surface area contributed by atoms with Gasteiger partial charge in [0.25, 0.3) is 5.69 Å². The Hall–Kier alpha value is -2.40. The van der Waals surface area contributed by atoms with Crippen molar-refractivity contribution in [3.05, 3.63) is 68.8 Å². The minimum absolute atomic E-state index is 0.123. The second-order valence-corrected chi connectivity index (χ2v) is 5.86. The first-order valence-electron chi connectivity index (χ1n) is 7.46. The summed E-state index contributed by atoms with van der Waals surface area (Å²) in [4.78, 5) is 12.5. The van der Waals surface area contributed by atoms with Gasteiger partial charge in [0, 0.05) is 25.2 Å². The number of non-ortho nitro benzene ring substituents is 1. The zero-order chi connectivity index (χ0) is 17.0. The van der Waals surface area contributed by atoms with Crippen molar-refractivity contribution in [2.24, 2.45) is 0 Å². The van der Waals surface area contributed by atoms with Gasteiger partial charge >= 0.3 is 0 Å². The molecule has 0 fully saturated rings. The van der Waals surface area contributed by atoms with E-state index in [1.165, 1.54) is 5.56 Å². The number of nitro groups is 1. The fraction of sp³-hybridized carbons (Fsp3) is 0.333. The van der Waals surface area contributed by atoms with Crippen LogP contribution in [0.5, 0.6) is 5.75 Å². The molecule has 0 aliphatic heterocycles. The minimum atomic E-state index is -0.379. The van der Waals surface area contributed by atoms with E-state index in [1.807, 2.05) is 20.9 Å². The van der Waals surface area contributed by atoms with Gasteiger partial charge in [-0.1, -0.05) is 24.3 Å². The van der Waals surface area contributed by atoms with Gasteiger partial charge in [-0.3, -0.25) is 15.0 Å². The van der Waals surface area contributed by atoms with Gasteiger partial charge in [-0.25, -0.2) is 0 Å². The summed E-state index contributed by atoms with van der Waals surface area (Å²) in [5.41, 5.74) is 4.67. The molecule has 0 spiro atoms. The molecule has 2 aromatic carbocycles. The lowest BCUT2D eigenvalue weighted by Crippen LogP contribution is -2.17.